The average Bonchev–Trinajstić information content (AvgIpc) is 2.47. The van der Waals surface area contributed by atoms with Crippen LogP contribution in [0.5, 0.6) is 0 Å². The number of halogens is 1. The second kappa shape index (κ2) is 6.85. The van der Waals surface area contributed by atoms with Crippen LogP contribution in [0.4, 0.5) is 4.39 Å². The maximum Gasteiger partial charge on any atom is 0.335 e. The van der Waals surface area contributed by atoms with Crippen LogP contribution in [0, 0.1) is 12.7 Å². The number of rotatable bonds is 5. The Morgan fingerprint density at radius 3 is 2.41 bits per heavy atom. The molecule has 0 aliphatic rings. The number of benzene rings is 2. The number of carboxylic acids is 1. The summed E-state index contributed by atoms with van der Waals surface area (Å²) < 4.78 is 13.0. The number of hydrogen-bond donors (Lipinski definition) is 2. The molecule has 0 aliphatic heterocycles. The van der Waals surface area contributed by atoms with Crippen LogP contribution < -0.4 is 5.32 Å². The van der Waals surface area contributed by atoms with Gasteiger partial charge in [-0.05, 0) is 54.8 Å². The number of carboxylic acid groups (broad SMARTS) is 1. The molecule has 1 amide bonds. The molecule has 0 heterocycles. The van der Waals surface area contributed by atoms with Crippen LogP contribution in [0.2, 0.25) is 0 Å². The topological polar surface area (TPSA) is 66.4 Å². The third-order valence-corrected chi connectivity index (χ3v) is 3.33. The Morgan fingerprint density at radius 1 is 1.14 bits per heavy atom. The lowest BCUT2D eigenvalue weighted by atomic mass is 10.1. The molecule has 4 nitrogen and oxygen atoms in total. The molecule has 114 valence electrons. The molecule has 0 saturated heterocycles. The Bertz CT molecular complexity index is 696. The van der Waals surface area contributed by atoms with Crippen molar-refractivity contribution < 1.29 is 19.1 Å². The largest absolute Gasteiger partial charge is 0.478 e. The SMILES string of the molecule is Cc1cc(F)ccc1C(=O)NCCc1ccc(C(=O)O)cc1. The normalized spacial score (nSPS) is 10.3. The smallest absolute Gasteiger partial charge is 0.335 e. The summed E-state index contributed by atoms with van der Waals surface area (Å²) in [7, 11) is 0. The van der Waals surface area contributed by atoms with E-state index in [2.05, 4.69) is 5.32 Å². The van der Waals surface area contributed by atoms with Crippen molar-refractivity contribution in [1.82, 2.24) is 5.32 Å². The van der Waals surface area contributed by atoms with Gasteiger partial charge in [-0.1, -0.05) is 12.1 Å². The second-order valence-corrected chi connectivity index (χ2v) is 4.97. The fourth-order valence-corrected chi connectivity index (χ4v) is 2.11. The highest BCUT2D eigenvalue weighted by atomic mass is 19.1. The lowest BCUT2D eigenvalue weighted by molar-refractivity contribution is 0.0696. The maximum atomic E-state index is 13.0. The van der Waals surface area contributed by atoms with E-state index in [1.54, 1.807) is 19.1 Å². The fourth-order valence-electron chi connectivity index (χ4n) is 2.11. The molecule has 22 heavy (non-hydrogen) atoms. The zero-order valence-electron chi connectivity index (χ0n) is 12.1. The highest BCUT2D eigenvalue weighted by molar-refractivity contribution is 5.95. The molecule has 5 heteroatoms. The summed E-state index contributed by atoms with van der Waals surface area (Å²) in [6, 6.07) is 10.5. The van der Waals surface area contributed by atoms with E-state index in [9.17, 15) is 14.0 Å². The predicted molar refractivity (Wildman–Crippen MR) is 80.6 cm³/mol. The summed E-state index contributed by atoms with van der Waals surface area (Å²) in [6.45, 7) is 2.10. The molecular weight excluding hydrogens is 285 g/mol. The third-order valence-electron chi connectivity index (χ3n) is 3.33. The van der Waals surface area contributed by atoms with Crippen molar-refractivity contribution in [3.63, 3.8) is 0 Å². The summed E-state index contributed by atoms with van der Waals surface area (Å²) in [4.78, 5) is 22.7. The van der Waals surface area contributed by atoms with Gasteiger partial charge in [-0.3, -0.25) is 4.79 Å². The number of nitrogens with one attached hydrogen (secondary N) is 1. The van der Waals surface area contributed by atoms with Crippen molar-refractivity contribution in [3.05, 3.63) is 70.5 Å². The standard InChI is InChI=1S/C17H16FNO3/c1-11-10-14(18)6-7-15(11)16(20)19-9-8-12-2-4-13(5-3-12)17(21)22/h2-7,10H,8-9H2,1H3,(H,19,20)(H,21,22). The number of amides is 1. The Kier molecular flexibility index (Phi) is 4.88. The summed E-state index contributed by atoms with van der Waals surface area (Å²) >= 11 is 0. The summed E-state index contributed by atoms with van der Waals surface area (Å²) in [5.41, 5.74) is 2.20. The molecule has 0 fully saturated rings. The van der Waals surface area contributed by atoms with Crippen molar-refractivity contribution in [2.45, 2.75) is 13.3 Å². The Labute approximate surface area is 127 Å². The van der Waals surface area contributed by atoms with Gasteiger partial charge in [0.2, 0.25) is 0 Å². The first kappa shape index (κ1) is 15.7. The van der Waals surface area contributed by atoms with Crippen molar-refractivity contribution in [2.75, 3.05) is 6.54 Å². The lowest BCUT2D eigenvalue weighted by Gasteiger charge is -2.08. The van der Waals surface area contributed by atoms with E-state index in [0.29, 0.717) is 24.1 Å². The molecule has 0 unspecified atom stereocenters. The molecule has 0 bridgehead atoms. The molecule has 0 atom stereocenters. The number of carbonyl (C=O) groups is 2. The molecule has 0 radical (unpaired) electrons. The first-order chi connectivity index (χ1) is 10.5. The molecule has 2 rings (SSSR count). The van der Waals surface area contributed by atoms with E-state index in [1.165, 1.54) is 30.3 Å². The van der Waals surface area contributed by atoms with Crippen LogP contribution in [0.15, 0.2) is 42.5 Å². The first-order valence-electron chi connectivity index (χ1n) is 6.84. The van der Waals surface area contributed by atoms with Gasteiger partial charge in [0, 0.05) is 12.1 Å². The monoisotopic (exact) mass is 301 g/mol. The quantitative estimate of drug-likeness (QED) is 0.892. The molecule has 0 aliphatic carbocycles. The molecule has 0 aromatic heterocycles. The molecule has 0 spiro atoms. The van der Waals surface area contributed by atoms with E-state index in [-0.39, 0.29) is 17.3 Å². The van der Waals surface area contributed by atoms with Gasteiger partial charge in [-0.15, -0.1) is 0 Å². The summed E-state index contributed by atoms with van der Waals surface area (Å²) in [5.74, 6) is -1.58. The van der Waals surface area contributed by atoms with Crippen LogP contribution in [0.3, 0.4) is 0 Å². The Morgan fingerprint density at radius 2 is 1.82 bits per heavy atom. The van der Waals surface area contributed by atoms with Gasteiger partial charge < -0.3 is 10.4 Å². The highest BCUT2D eigenvalue weighted by Gasteiger charge is 2.09. The molecule has 0 saturated carbocycles. The van der Waals surface area contributed by atoms with Crippen LogP contribution in [0.1, 0.15) is 31.8 Å². The average molecular weight is 301 g/mol. The first-order valence-corrected chi connectivity index (χ1v) is 6.84. The van der Waals surface area contributed by atoms with Crippen LogP contribution in [0.25, 0.3) is 0 Å². The molecule has 2 aromatic carbocycles. The van der Waals surface area contributed by atoms with E-state index >= 15 is 0 Å². The fraction of sp³-hybridized carbons (Fsp3) is 0.176. The van der Waals surface area contributed by atoms with Crippen LogP contribution in [-0.2, 0) is 6.42 Å². The number of aryl methyl sites for hydroxylation is 1. The van der Waals surface area contributed by atoms with Crippen molar-refractivity contribution >= 4 is 11.9 Å². The van der Waals surface area contributed by atoms with Crippen molar-refractivity contribution in [3.8, 4) is 0 Å². The summed E-state index contributed by atoms with van der Waals surface area (Å²) in [5, 5.41) is 11.6. The minimum Gasteiger partial charge on any atom is -0.478 e. The van der Waals surface area contributed by atoms with Gasteiger partial charge >= 0.3 is 5.97 Å². The van der Waals surface area contributed by atoms with E-state index < -0.39 is 5.97 Å². The van der Waals surface area contributed by atoms with Crippen LogP contribution in [-0.4, -0.2) is 23.5 Å². The van der Waals surface area contributed by atoms with Gasteiger partial charge in [0.05, 0.1) is 5.56 Å². The molecule has 2 aromatic rings. The van der Waals surface area contributed by atoms with Crippen LogP contribution >= 0.6 is 0 Å². The van der Waals surface area contributed by atoms with Crippen molar-refractivity contribution in [1.29, 1.82) is 0 Å². The summed E-state index contributed by atoms with van der Waals surface area (Å²) in [6.07, 6.45) is 0.589. The Balaban J connectivity index is 1.90. The lowest BCUT2D eigenvalue weighted by Crippen LogP contribution is -2.26. The second-order valence-electron chi connectivity index (χ2n) is 4.97. The van der Waals surface area contributed by atoms with E-state index in [1.807, 2.05) is 0 Å². The van der Waals surface area contributed by atoms with Gasteiger partial charge in [-0.25, -0.2) is 9.18 Å². The number of aromatic carboxylic acids is 1. The molecular formula is C17H16FNO3. The third kappa shape index (κ3) is 3.91. The van der Waals surface area contributed by atoms with Crippen molar-refractivity contribution in [2.24, 2.45) is 0 Å². The van der Waals surface area contributed by atoms with Gasteiger partial charge in [0.15, 0.2) is 0 Å². The molecule has 2 N–H and O–H groups in total. The Hall–Kier alpha value is -2.69. The van der Waals surface area contributed by atoms with Gasteiger partial charge in [-0.2, -0.15) is 0 Å². The van der Waals surface area contributed by atoms with Gasteiger partial charge in [0.25, 0.3) is 5.91 Å². The van der Waals surface area contributed by atoms with E-state index in [4.69, 9.17) is 5.11 Å². The van der Waals surface area contributed by atoms with E-state index in [0.717, 1.165) is 5.56 Å². The number of carbonyl (C=O) groups excluding carboxylic acids is 1. The maximum absolute atomic E-state index is 13.0. The van der Waals surface area contributed by atoms with Gasteiger partial charge in [0.1, 0.15) is 5.82 Å². The zero-order valence-corrected chi connectivity index (χ0v) is 12.1. The number of hydrogen-bond acceptors (Lipinski definition) is 2. The predicted octanol–water partition coefficient (Wildman–Crippen LogP) is 2.80. The zero-order chi connectivity index (χ0) is 16.1. The highest BCUT2D eigenvalue weighted by Crippen LogP contribution is 2.10. The minimum atomic E-state index is -0.966. The minimum absolute atomic E-state index is 0.231.